The molecular weight excluding hydrogens is 491 g/mol. The van der Waals surface area contributed by atoms with E-state index in [-0.39, 0.29) is 12.5 Å². The Bertz CT molecular complexity index is 1030. The predicted molar refractivity (Wildman–Crippen MR) is 125 cm³/mol. The topological polar surface area (TPSA) is 59.6 Å². The molecule has 0 aromatic heterocycles. The molecule has 0 fully saturated rings. The average molecular weight is 510 g/mol. The van der Waals surface area contributed by atoms with E-state index in [9.17, 15) is 4.79 Å². The molecule has 3 aromatic carbocycles. The van der Waals surface area contributed by atoms with Gasteiger partial charge in [-0.25, -0.2) is 0 Å². The number of rotatable bonds is 8. The zero-order valence-corrected chi connectivity index (χ0v) is 19.1. The van der Waals surface area contributed by atoms with Crippen LogP contribution in [-0.2, 0) is 11.3 Å². The summed E-state index contributed by atoms with van der Waals surface area (Å²) in [5.74, 6) is 1.09. The summed E-state index contributed by atoms with van der Waals surface area (Å²) in [7, 11) is 1.64. The highest BCUT2D eigenvalue weighted by molar-refractivity contribution is 9.10. The molecule has 0 atom stereocenters. The molecular formula is C22H19BrCl2N2O3. The van der Waals surface area contributed by atoms with Gasteiger partial charge in [-0.1, -0.05) is 29.3 Å². The first-order chi connectivity index (χ1) is 14.4. The summed E-state index contributed by atoms with van der Waals surface area (Å²) < 4.78 is 11.5. The second-order valence-corrected chi connectivity index (χ2v) is 7.98. The van der Waals surface area contributed by atoms with Gasteiger partial charge in [0.1, 0.15) is 11.5 Å². The molecule has 8 heteroatoms. The molecule has 0 saturated heterocycles. The van der Waals surface area contributed by atoms with Crippen LogP contribution in [0.25, 0.3) is 0 Å². The highest BCUT2D eigenvalue weighted by Crippen LogP contribution is 2.27. The van der Waals surface area contributed by atoms with Gasteiger partial charge in [-0.05, 0) is 76.1 Å². The average Bonchev–Trinajstić information content (AvgIpc) is 2.74. The standard InChI is InChI=1S/C22H19BrCl2N2O3/c1-29-17-6-3-15(4-7-17)26-12-14-2-9-21(18(23)10-14)30-13-22(28)27-16-5-8-19(24)20(25)11-16/h2-11,26H,12-13H2,1H3,(H,27,28). The van der Waals surface area contributed by atoms with Gasteiger partial charge in [0.25, 0.3) is 5.91 Å². The maximum absolute atomic E-state index is 12.1. The second kappa shape index (κ2) is 10.6. The lowest BCUT2D eigenvalue weighted by molar-refractivity contribution is -0.118. The van der Waals surface area contributed by atoms with E-state index in [1.54, 1.807) is 25.3 Å². The number of methoxy groups -OCH3 is 1. The Morgan fingerprint density at radius 2 is 1.70 bits per heavy atom. The van der Waals surface area contributed by atoms with Crippen molar-refractivity contribution in [3.8, 4) is 11.5 Å². The molecule has 5 nitrogen and oxygen atoms in total. The van der Waals surface area contributed by atoms with Crippen LogP contribution in [0.1, 0.15) is 5.56 Å². The SMILES string of the molecule is COc1ccc(NCc2ccc(OCC(=O)Nc3ccc(Cl)c(Cl)c3)c(Br)c2)cc1. The molecule has 0 heterocycles. The molecule has 3 rings (SSSR count). The molecule has 0 aliphatic heterocycles. The lowest BCUT2D eigenvalue weighted by Gasteiger charge is -2.12. The number of carbonyl (C=O) groups excluding carboxylic acids is 1. The minimum absolute atomic E-state index is 0.137. The Kier molecular flexibility index (Phi) is 7.85. The van der Waals surface area contributed by atoms with E-state index in [0.717, 1.165) is 21.5 Å². The molecule has 3 aromatic rings. The molecule has 1 amide bonds. The zero-order chi connectivity index (χ0) is 21.5. The lowest BCUT2D eigenvalue weighted by atomic mass is 10.2. The van der Waals surface area contributed by atoms with E-state index in [1.807, 2.05) is 42.5 Å². The lowest BCUT2D eigenvalue weighted by Crippen LogP contribution is -2.20. The Morgan fingerprint density at radius 3 is 2.37 bits per heavy atom. The van der Waals surface area contributed by atoms with Gasteiger partial charge in [-0.2, -0.15) is 0 Å². The van der Waals surface area contributed by atoms with Crippen LogP contribution in [0.15, 0.2) is 65.1 Å². The van der Waals surface area contributed by atoms with Gasteiger partial charge >= 0.3 is 0 Å². The molecule has 0 spiro atoms. The van der Waals surface area contributed by atoms with Crippen molar-refractivity contribution in [2.75, 3.05) is 24.4 Å². The normalized spacial score (nSPS) is 10.4. The van der Waals surface area contributed by atoms with Crippen molar-refractivity contribution in [3.63, 3.8) is 0 Å². The minimum Gasteiger partial charge on any atom is -0.497 e. The fraction of sp³-hybridized carbons (Fsp3) is 0.136. The largest absolute Gasteiger partial charge is 0.497 e. The van der Waals surface area contributed by atoms with Crippen LogP contribution in [0, 0.1) is 0 Å². The highest BCUT2D eigenvalue weighted by Gasteiger charge is 2.08. The summed E-state index contributed by atoms with van der Waals surface area (Å²) in [5.41, 5.74) is 2.61. The fourth-order valence-corrected chi connectivity index (χ4v) is 3.44. The first-order valence-corrected chi connectivity index (χ1v) is 10.5. The summed E-state index contributed by atoms with van der Waals surface area (Å²) in [6, 6.07) is 18.3. The third-order valence-corrected chi connectivity index (χ3v) is 5.50. The molecule has 30 heavy (non-hydrogen) atoms. The summed E-state index contributed by atoms with van der Waals surface area (Å²) in [5, 5.41) is 6.86. The van der Waals surface area contributed by atoms with Crippen molar-refractivity contribution in [2.24, 2.45) is 0 Å². The van der Waals surface area contributed by atoms with Gasteiger partial charge in [0, 0.05) is 17.9 Å². The van der Waals surface area contributed by atoms with Crippen molar-refractivity contribution in [3.05, 3.63) is 80.7 Å². The Labute approximate surface area is 193 Å². The van der Waals surface area contributed by atoms with Crippen molar-refractivity contribution in [1.29, 1.82) is 0 Å². The predicted octanol–water partition coefficient (Wildman–Crippen LogP) is 6.39. The maximum Gasteiger partial charge on any atom is 0.262 e. The van der Waals surface area contributed by atoms with E-state index in [4.69, 9.17) is 32.7 Å². The zero-order valence-electron chi connectivity index (χ0n) is 16.0. The van der Waals surface area contributed by atoms with Crippen LogP contribution in [0.2, 0.25) is 10.0 Å². The van der Waals surface area contributed by atoms with Crippen LogP contribution >= 0.6 is 39.1 Å². The third-order valence-electron chi connectivity index (χ3n) is 4.15. The quantitative estimate of drug-likeness (QED) is 0.369. The summed E-state index contributed by atoms with van der Waals surface area (Å²) >= 11 is 15.3. The number of halogens is 3. The minimum atomic E-state index is -0.300. The summed E-state index contributed by atoms with van der Waals surface area (Å²) in [4.78, 5) is 12.1. The molecule has 0 aliphatic rings. The molecule has 0 radical (unpaired) electrons. The Hall–Kier alpha value is -2.41. The summed E-state index contributed by atoms with van der Waals surface area (Å²) in [6.07, 6.45) is 0. The number of hydrogen-bond donors (Lipinski definition) is 2. The molecule has 156 valence electrons. The first kappa shape index (κ1) is 22.3. The van der Waals surface area contributed by atoms with Crippen LogP contribution < -0.4 is 20.1 Å². The maximum atomic E-state index is 12.1. The Morgan fingerprint density at radius 1 is 0.967 bits per heavy atom. The van der Waals surface area contributed by atoms with Gasteiger partial charge in [-0.15, -0.1) is 0 Å². The number of anilines is 2. The van der Waals surface area contributed by atoms with Crippen molar-refractivity contribution in [1.82, 2.24) is 0 Å². The van der Waals surface area contributed by atoms with Gasteiger partial charge in [0.05, 0.1) is 21.6 Å². The summed E-state index contributed by atoms with van der Waals surface area (Å²) in [6.45, 7) is 0.505. The van der Waals surface area contributed by atoms with Crippen molar-refractivity contribution < 1.29 is 14.3 Å². The van der Waals surface area contributed by atoms with Crippen LogP contribution in [0.4, 0.5) is 11.4 Å². The molecule has 0 aliphatic carbocycles. The molecule has 0 bridgehead atoms. The molecule has 0 saturated carbocycles. The number of ether oxygens (including phenoxy) is 2. The van der Waals surface area contributed by atoms with E-state index in [0.29, 0.717) is 28.0 Å². The van der Waals surface area contributed by atoms with E-state index in [1.165, 1.54) is 0 Å². The van der Waals surface area contributed by atoms with Crippen molar-refractivity contribution in [2.45, 2.75) is 6.54 Å². The van der Waals surface area contributed by atoms with E-state index < -0.39 is 0 Å². The molecule has 2 N–H and O–H groups in total. The van der Waals surface area contributed by atoms with Gasteiger partial charge in [0.15, 0.2) is 6.61 Å². The Balaban J connectivity index is 1.51. The van der Waals surface area contributed by atoms with Gasteiger partial charge < -0.3 is 20.1 Å². The van der Waals surface area contributed by atoms with Gasteiger partial charge in [-0.3, -0.25) is 4.79 Å². The molecule has 0 unspecified atom stereocenters. The number of amides is 1. The van der Waals surface area contributed by atoms with Crippen LogP contribution in [0.3, 0.4) is 0 Å². The fourth-order valence-electron chi connectivity index (χ4n) is 2.60. The van der Waals surface area contributed by atoms with E-state index in [2.05, 4.69) is 26.6 Å². The number of hydrogen-bond acceptors (Lipinski definition) is 4. The van der Waals surface area contributed by atoms with Crippen molar-refractivity contribution >= 4 is 56.4 Å². The first-order valence-electron chi connectivity index (χ1n) is 8.98. The second-order valence-electron chi connectivity index (χ2n) is 6.31. The number of carbonyl (C=O) groups is 1. The van der Waals surface area contributed by atoms with Crippen LogP contribution in [-0.4, -0.2) is 19.6 Å². The highest BCUT2D eigenvalue weighted by atomic mass is 79.9. The monoisotopic (exact) mass is 508 g/mol. The van der Waals surface area contributed by atoms with Crippen LogP contribution in [0.5, 0.6) is 11.5 Å². The smallest absolute Gasteiger partial charge is 0.262 e. The number of benzene rings is 3. The number of nitrogens with one attached hydrogen (secondary N) is 2. The van der Waals surface area contributed by atoms with E-state index >= 15 is 0 Å². The van der Waals surface area contributed by atoms with Gasteiger partial charge in [0.2, 0.25) is 0 Å². The third kappa shape index (κ3) is 6.29.